The third-order valence-corrected chi connectivity index (χ3v) is 4.74. The molecule has 0 aromatic carbocycles. The zero-order valence-corrected chi connectivity index (χ0v) is 12.5. The molecule has 0 radical (unpaired) electrons. The lowest BCUT2D eigenvalue weighted by Crippen LogP contribution is -2.44. The lowest BCUT2D eigenvalue weighted by molar-refractivity contribution is -0.141. The predicted molar refractivity (Wildman–Crippen MR) is 76.5 cm³/mol. The average molecular weight is 282 g/mol. The van der Waals surface area contributed by atoms with Gasteiger partial charge in [0.2, 0.25) is 0 Å². The Bertz CT molecular complexity index is 381. The van der Waals surface area contributed by atoms with Crippen LogP contribution in [0.1, 0.15) is 52.4 Å². The summed E-state index contributed by atoms with van der Waals surface area (Å²) >= 11 is 0. The number of carboxylic acid groups (broad SMARTS) is 1. The van der Waals surface area contributed by atoms with Crippen LogP contribution in [-0.4, -0.2) is 41.1 Å². The third kappa shape index (κ3) is 3.87. The van der Waals surface area contributed by atoms with Crippen molar-refractivity contribution >= 4 is 12.0 Å². The fraction of sp³-hybridized carbons (Fsp3) is 0.867. The van der Waals surface area contributed by atoms with Crippen molar-refractivity contribution in [2.24, 2.45) is 11.3 Å². The topological polar surface area (TPSA) is 69.6 Å². The first-order valence-corrected chi connectivity index (χ1v) is 7.66. The van der Waals surface area contributed by atoms with Crippen molar-refractivity contribution < 1.29 is 14.7 Å². The maximum atomic E-state index is 12.3. The number of likely N-dealkylation sites (tertiary alicyclic amines) is 1. The second-order valence-corrected chi connectivity index (χ2v) is 7.00. The van der Waals surface area contributed by atoms with Crippen molar-refractivity contribution in [1.29, 1.82) is 0 Å². The van der Waals surface area contributed by atoms with Gasteiger partial charge in [-0.1, -0.05) is 13.8 Å². The molecule has 0 aromatic rings. The number of amides is 2. The van der Waals surface area contributed by atoms with Gasteiger partial charge in [0.25, 0.3) is 0 Å². The molecule has 0 bridgehead atoms. The zero-order chi connectivity index (χ0) is 14.8. The second-order valence-electron chi connectivity index (χ2n) is 7.00. The van der Waals surface area contributed by atoms with Crippen molar-refractivity contribution in [3.05, 3.63) is 0 Å². The number of hydrogen-bond donors (Lipinski definition) is 2. The predicted octanol–water partition coefficient (Wildman–Crippen LogP) is 2.46. The first kappa shape index (κ1) is 15.1. The fourth-order valence-corrected chi connectivity index (χ4v) is 3.23. The summed E-state index contributed by atoms with van der Waals surface area (Å²) in [4.78, 5) is 25.1. The van der Waals surface area contributed by atoms with Crippen LogP contribution in [0.5, 0.6) is 0 Å². The molecule has 2 fully saturated rings. The van der Waals surface area contributed by atoms with E-state index in [1.807, 2.05) is 4.90 Å². The molecular weight excluding hydrogens is 256 g/mol. The van der Waals surface area contributed by atoms with Crippen LogP contribution < -0.4 is 5.32 Å². The molecule has 5 heteroatoms. The Balaban J connectivity index is 1.82. The van der Waals surface area contributed by atoms with Gasteiger partial charge in [-0.05, 0) is 43.9 Å². The second kappa shape index (κ2) is 6.02. The van der Waals surface area contributed by atoms with E-state index < -0.39 is 5.97 Å². The monoisotopic (exact) mass is 282 g/mol. The number of urea groups is 1. The maximum absolute atomic E-state index is 12.3. The lowest BCUT2D eigenvalue weighted by Gasteiger charge is -2.25. The van der Waals surface area contributed by atoms with Crippen LogP contribution in [0.4, 0.5) is 4.79 Å². The van der Waals surface area contributed by atoms with E-state index in [1.54, 1.807) is 0 Å². The quantitative estimate of drug-likeness (QED) is 0.817. The summed E-state index contributed by atoms with van der Waals surface area (Å²) in [7, 11) is 0. The summed E-state index contributed by atoms with van der Waals surface area (Å²) < 4.78 is 0. The van der Waals surface area contributed by atoms with Crippen LogP contribution >= 0.6 is 0 Å². The van der Waals surface area contributed by atoms with Gasteiger partial charge in [-0.25, -0.2) is 4.79 Å². The number of hydrogen-bond acceptors (Lipinski definition) is 2. The molecule has 2 rings (SSSR count). The smallest absolute Gasteiger partial charge is 0.317 e. The molecule has 1 heterocycles. The first-order valence-electron chi connectivity index (χ1n) is 7.66. The molecule has 114 valence electrons. The Morgan fingerprint density at radius 2 is 1.95 bits per heavy atom. The summed E-state index contributed by atoms with van der Waals surface area (Å²) in [6.45, 7) is 6.11. The van der Waals surface area contributed by atoms with Gasteiger partial charge in [-0.2, -0.15) is 0 Å². The van der Waals surface area contributed by atoms with Crippen molar-refractivity contribution in [2.45, 2.75) is 58.4 Å². The van der Waals surface area contributed by atoms with Crippen molar-refractivity contribution in [3.63, 3.8) is 0 Å². The number of rotatable bonds is 2. The van der Waals surface area contributed by atoms with Gasteiger partial charge in [0.05, 0.1) is 5.92 Å². The van der Waals surface area contributed by atoms with Crippen LogP contribution in [0.2, 0.25) is 0 Å². The number of aliphatic carboxylic acids is 1. The molecule has 0 aromatic heterocycles. The molecule has 0 spiro atoms. The third-order valence-electron chi connectivity index (χ3n) is 4.74. The van der Waals surface area contributed by atoms with Crippen molar-refractivity contribution in [3.8, 4) is 0 Å². The van der Waals surface area contributed by atoms with Crippen molar-refractivity contribution in [2.75, 3.05) is 13.1 Å². The van der Waals surface area contributed by atoms with Gasteiger partial charge in [0.15, 0.2) is 0 Å². The van der Waals surface area contributed by atoms with E-state index in [1.165, 1.54) is 0 Å². The summed E-state index contributed by atoms with van der Waals surface area (Å²) in [5.74, 6) is -1.03. The summed E-state index contributed by atoms with van der Waals surface area (Å²) in [5, 5.41) is 12.0. The molecule has 2 atom stereocenters. The standard InChI is InChI=1S/C15H26N2O3/c1-15(2)6-3-8-17(9-7-15)14(20)16-12-5-4-11(10-12)13(18)19/h11-12H,3-10H2,1-2H3,(H,16,20)(H,18,19). The number of carbonyl (C=O) groups excluding carboxylic acids is 1. The highest BCUT2D eigenvalue weighted by atomic mass is 16.4. The minimum Gasteiger partial charge on any atom is -0.481 e. The highest BCUT2D eigenvalue weighted by Gasteiger charge is 2.32. The molecule has 1 aliphatic heterocycles. The average Bonchev–Trinajstić information content (AvgIpc) is 2.74. The molecule has 2 unspecified atom stereocenters. The molecule has 2 amide bonds. The van der Waals surface area contributed by atoms with Gasteiger partial charge in [0, 0.05) is 19.1 Å². The van der Waals surface area contributed by atoms with Gasteiger partial charge in [-0.15, -0.1) is 0 Å². The van der Waals surface area contributed by atoms with Gasteiger partial charge in [-0.3, -0.25) is 4.79 Å². The molecule has 1 saturated carbocycles. The van der Waals surface area contributed by atoms with Crippen LogP contribution in [0.15, 0.2) is 0 Å². The van der Waals surface area contributed by atoms with E-state index in [0.29, 0.717) is 18.3 Å². The largest absolute Gasteiger partial charge is 0.481 e. The molecule has 5 nitrogen and oxygen atoms in total. The number of nitrogens with zero attached hydrogens (tertiary/aromatic N) is 1. The Morgan fingerprint density at radius 3 is 2.60 bits per heavy atom. The SMILES string of the molecule is CC1(C)CCCN(C(=O)NC2CCC(C(=O)O)C2)CC1. The van der Waals surface area contributed by atoms with E-state index >= 15 is 0 Å². The Morgan fingerprint density at radius 1 is 1.20 bits per heavy atom. The van der Waals surface area contributed by atoms with Gasteiger partial charge < -0.3 is 15.3 Å². The number of nitrogens with one attached hydrogen (secondary N) is 1. The molecule has 1 saturated heterocycles. The summed E-state index contributed by atoms with van der Waals surface area (Å²) in [6, 6.07) is 0.0126. The van der Waals surface area contributed by atoms with Crippen LogP contribution in [0.25, 0.3) is 0 Å². The Kier molecular flexibility index (Phi) is 4.55. The first-order chi connectivity index (χ1) is 9.37. The van der Waals surface area contributed by atoms with E-state index in [2.05, 4.69) is 19.2 Å². The fourth-order valence-electron chi connectivity index (χ4n) is 3.23. The highest BCUT2D eigenvalue weighted by Crippen LogP contribution is 2.30. The highest BCUT2D eigenvalue weighted by molar-refractivity contribution is 5.75. The van der Waals surface area contributed by atoms with Crippen LogP contribution in [0.3, 0.4) is 0 Å². The summed E-state index contributed by atoms with van der Waals surface area (Å²) in [5.41, 5.74) is 0.316. The molecule has 20 heavy (non-hydrogen) atoms. The van der Waals surface area contributed by atoms with E-state index in [-0.39, 0.29) is 18.0 Å². The number of carboxylic acids is 1. The lowest BCUT2D eigenvalue weighted by atomic mass is 9.85. The molecule has 2 aliphatic rings. The molecule has 1 aliphatic carbocycles. The maximum Gasteiger partial charge on any atom is 0.317 e. The van der Waals surface area contributed by atoms with Crippen molar-refractivity contribution in [1.82, 2.24) is 10.2 Å². The van der Waals surface area contributed by atoms with Crippen LogP contribution in [0, 0.1) is 11.3 Å². The van der Waals surface area contributed by atoms with Crippen LogP contribution in [-0.2, 0) is 4.79 Å². The van der Waals surface area contributed by atoms with E-state index in [9.17, 15) is 9.59 Å². The minimum atomic E-state index is -0.738. The molecule has 2 N–H and O–H groups in total. The minimum absolute atomic E-state index is 0.0151. The summed E-state index contributed by atoms with van der Waals surface area (Å²) in [6.07, 6.45) is 5.25. The van der Waals surface area contributed by atoms with Gasteiger partial charge >= 0.3 is 12.0 Å². The van der Waals surface area contributed by atoms with E-state index in [4.69, 9.17) is 5.11 Å². The Labute approximate surface area is 120 Å². The zero-order valence-electron chi connectivity index (χ0n) is 12.5. The Hall–Kier alpha value is -1.26. The van der Waals surface area contributed by atoms with Gasteiger partial charge in [0.1, 0.15) is 0 Å². The molecular formula is C15H26N2O3. The van der Waals surface area contributed by atoms with E-state index in [0.717, 1.165) is 38.8 Å². The normalized spacial score (nSPS) is 29.8. The number of carbonyl (C=O) groups is 2.